The molecule has 1 aliphatic carbocycles. The number of rotatable bonds is 6. The van der Waals surface area contributed by atoms with Crippen molar-refractivity contribution < 1.29 is 4.42 Å². The van der Waals surface area contributed by atoms with E-state index in [1.54, 1.807) is 5.57 Å². The summed E-state index contributed by atoms with van der Waals surface area (Å²) in [4.78, 5) is 0. The molecule has 1 heterocycles. The molecular weight excluding hydrogens is 386 g/mol. The van der Waals surface area contributed by atoms with Gasteiger partial charge in [0.05, 0.1) is 6.54 Å². The molecule has 1 aliphatic rings. The van der Waals surface area contributed by atoms with E-state index in [-0.39, 0.29) is 12.4 Å². The molecule has 1 N–H and O–H groups in total. The van der Waals surface area contributed by atoms with Gasteiger partial charge >= 0.3 is 0 Å². The van der Waals surface area contributed by atoms with Gasteiger partial charge in [0.15, 0.2) is 0 Å². The fraction of sp³-hybridized carbons (Fsp3) is 0.400. The Morgan fingerprint density at radius 1 is 1.17 bits per heavy atom. The molecule has 130 valence electrons. The molecule has 2 aromatic rings. The third-order valence-electron chi connectivity index (χ3n) is 4.42. The summed E-state index contributed by atoms with van der Waals surface area (Å²) in [7, 11) is 0. The van der Waals surface area contributed by atoms with Gasteiger partial charge < -0.3 is 9.73 Å². The summed E-state index contributed by atoms with van der Waals surface area (Å²) in [5.41, 5.74) is 4.00. The van der Waals surface area contributed by atoms with Crippen LogP contribution in [0.5, 0.6) is 0 Å². The summed E-state index contributed by atoms with van der Waals surface area (Å²) in [6, 6.07) is 10.4. The van der Waals surface area contributed by atoms with E-state index >= 15 is 0 Å². The fourth-order valence-electron chi connectivity index (χ4n) is 3.11. The minimum absolute atomic E-state index is 0. The van der Waals surface area contributed by atoms with Gasteiger partial charge in [-0.15, -0.1) is 12.4 Å². The van der Waals surface area contributed by atoms with Crippen LogP contribution in [-0.2, 0) is 6.54 Å². The van der Waals surface area contributed by atoms with E-state index < -0.39 is 0 Å². The van der Waals surface area contributed by atoms with Crippen LogP contribution < -0.4 is 5.32 Å². The van der Waals surface area contributed by atoms with Gasteiger partial charge in [-0.1, -0.05) is 27.6 Å². The number of allylic oxidation sites excluding steroid dienone is 1. The Labute approximate surface area is 159 Å². The van der Waals surface area contributed by atoms with E-state index in [4.69, 9.17) is 4.42 Å². The number of nitrogens with one attached hydrogen (secondary N) is 1. The van der Waals surface area contributed by atoms with Crippen LogP contribution in [-0.4, -0.2) is 6.54 Å². The van der Waals surface area contributed by atoms with Crippen molar-refractivity contribution in [1.82, 2.24) is 5.32 Å². The zero-order chi connectivity index (χ0) is 16.1. The normalized spacial score (nSPS) is 14.2. The second-order valence-corrected chi connectivity index (χ2v) is 7.18. The standard InChI is InChI=1S/C20H24BrNO.ClH/c1-15-13-17(21)7-9-19(15)20-10-8-18(23-20)14-22-12-11-16-5-3-2-4-6-16;/h5,7-10,13,22H,2-4,6,11-12,14H2,1H3;1H. The van der Waals surface area contributed by atoms with Gasteiger partial charge in [-0.05, 0) is 81.5 Å². The Morgan fingerprint density at radius 3 is 2.79 bits per heavy atom. The van der Waals surface area contributed by atoms with E-state index in [0.717, 1.165) is 34.6 Å². The summed E-state index contributed by atoms with van der Waals surface area (Å²) in [5, 5.41) is 3.50. The molecule has 0 unspecified atom stereocenters. The Hall–Kier alpha value is -1.03. The second kappa shape index (κ2) is 9.45. The Morgan fingerprint density at radius 2 is 2.04 bits per heavy atom. The third kappa shape index (κ3) is 5.23. The maximum atomic E-state index is 5.99. The molecule has 0 atom stereocenters. The third-order valence-corrected chi connectivity index (χ3v) is 4.92. The molecule has 0 fully saturated rings. The summed E-state index contributed by atoms with van der Waals surface area (Å²) in [6.45, 7) is 3.93. The molecule has 0 saturated heterocycles. The van der Waals surface area contributed by atoms with Crippen molar-refractivity contribution in [3.05, 3.63) is 57.8 Å². The number of hydrogen-bond acceptors (Lipinski definition) is 2. The van der Waals surface area contributed by atoms with E-state index in [0.29, 0.717) is 0 Å². The van der Waals surface area contributed by atoms with Gasteiger partial charge in [0, 0.05) is 10.0 Å². The summed E-state index contributed by atoms with van der Waals surface area (Å²) in [6.07, 6.45) is 8.87. The number of halogens is 2. The van der Waals surface area contributed by atoms with Crippen molar-refractivity contribution in [3.8, 4) is 11.3 Å². The SMILES string of the molecule is Cc1cc(Br)ccc1-c1ccc(CNCCC2=CCCCC2)o1.Cl. The zero-order valence-corrected chi connectivity index (χ0v) is 16.5. The first kappa shape index (κ1) is 19.3. The van der Waals surface area contributed by atoms with Crippen molar-refractivity contribution in [2.24, 2.45) is 0 Å². The van der Waals surface area contributed by atoms with Crippen molar-refractivity contribution in [2.75, 3.05) is 6.54 Å². The van der Waals surface area contributed by atoms with Gasteiger partial charge in [-0.25, -0.2) is 0 Å². The molecule has 1 aromatic heterocycles. The molecule has 1 aromatic carbocycles. The molecule has 2 nitrogen and oxygen atoms in total. The first-order valence-electron chi connectivity index (χ1n) is 8.46. The molecule has 0 radical (unpaired) electrons. The Kier molecular flexibility index (Phi) is 7.60. The fourth-order valence-corrected chi connectivity index (χ4v) is 3.59. The monoisotopic (exact) mass is 409 g/mol. The van der Waals surface area contributed by atoms with Crippen LogP contribution in [0.4, 0.5) is 0 Å². The number of benzene rings is 1. The van der Waals surface area contributed by atoms with E-state index in [9.17, 15) is 0 Å². The molecule has 4 heteroatoms. The number of aryl methyl sites for hydroxylation is 1. The van der Waals surface area contributed by atoms with Crippen LogP contribution in [0.1, 0.15) is 43.4 Å². The molecule has 0 spiro atoms. The molecule has 0 amide bonds. The number of hydrogen-bond donors (Lipinski definition) is 1. The Bertz CT molecular complexity index is 693. The lowest BCUT2D eigenvalue weighted by Crippen LogP contribution is -2.15. The van der Waals surface area contributed by atoms with Crippen molar-refractivity contribution in [1.29, 1.82) is 0 Å². The summed E-state index contributed by atoms with van der Waals surface area (Å²) < 4.78 is 7.09. The smallest absolute Gasteiger partial charge is 0.134 e. The highest BCUT2D eigenvalue weighted by molar-refractivity contribution is 9.10. The molecule has 0 aliphatic heterocycles. The zero-order valence-electron chi connectivity index (χ0n) is 14.1. The predicted octanol–water partition coefficient (Wildman–Crippen LogP) is 6.42. The first-order valence-corrected chi connectivity index (χ1v) is 9.25. The van der Waals surface area contributed by atoms with Crippen molar-refractivity contribution in [2.45, 2.75) is 45.6 Å². The van der Waals surface area contributed by atoms with Crippen LogP contribution >= 0.6 is 28.3 Å². The Balaban J connectivity index is 0.00000208. The van der Waals surface area contributed by atoms with Gasteiger partial charge in [0.1, 0.15) is 11.5 Å². The highest BCUT2D eigenvalue weighted by atomic mass is 79.9. The predicted molar refractivity (Wildman–Crippen MR) is 107 cm³/mol. The van der Waals surface area contributed by atoms with Gasteiger partial charge in [-0.3, -0.25) is 0 Å². The summed E-state index contributed by atoms with van der Waals surface area (Å²) in [5.74, 6) is 1.95. The van der Waals surface area contributed by atoms with E-state index in [2.05, 4.69) is 64.6 Å². The van der Waals surface area contributed by atoms with Crippen LogP contribution in [0.25, 0.3) is 11.3 Å². The average Bonchev–Trinajstić information content (AvgIpc) is 3.01. The second-order valence-electron chi connectivity index (χ2n) is 6.26. The maximum Gasteiger partial charge on any atom is 0.134 e. The molecule has 3 rings (SSSR count). The molecule has 24 heavy (non-hydrogen) atoms. The van der Waals surface area contributed by atoms with Crippen LogP contribution in [0.2, 0.25) is 0 Å². The van der Waals surface area contributed by atoms with Crippen LogP contribution in [0.15, 0.2) is 50.9 Å². The minimum Gasteiger partial charge on any atom is -0.460 e. The van der Waals surface area contributed by atoms with Crippen molar-refractivity contribution in [3.63, 3.8) is 0 Å². The van der Waals surface area contributed by atoms with Crippen LogP contribution in [0, 0.1) is 6.92 Å². The van der Waals surface area contributed by atoms with Gasteiger partial charge in [0.25, 0.3) is 0 Å². The van der Waals surface area contributed by atoms with E-state index in [1.165, 1.54) is 37.7 Å². The lowest BCUT2D eigenvalue weighted by molar-refractivity contribution is 0.493. The first-order chi connectivity index (χ1) is 11.2. The summed E-state index contributed by atoms with van der Waals surface area (Å²) >= 11 is 3.50. The quantitative estimate of drug-likeness (QED) is 0.439. The highest BCUT2D eigenvalue weighted by Crippen LogP contribution is 2.27. The van der Waals surface area contributed by atoms with E-state index in [1.807, 2.05) is 0 Å². The molecule has 0 saturated carbocycles. The highest BCUT2D eigenvalue weighted by Gasteiger charge is 2.08. The van der Waals surface area contributed by atoms with Crippen molar-refractivity contribution >= 4 is 28.3 Å². The average molecular weight is 411 g/mol. The molecule has 0 bridgehead atoms. The minimum atomic E-state index is 0. The van der Waals surface area contributed by atoms with Gasteiger partial charge in [-0.2, -0.15) is 0 Å². The van der Waals surface area contributed by atoms with Gasteiger partial charge in [0.2, 0.25) is 0 Å². The van der Waals surface area contributed by atoms with Crippen LogP contribution in [0.3, 0.4) is 0 Å². The lowest BCUT2D eigenvalue weighted by atomic mass is 9.97. The maximum absolute atomic E-state index is 5.99. The lowest BCUT2D eigenvalue weighted by Gasteiger charge is -2.12. The largest absolute Gasteiger partial charge is 0.460 e. The number of furan rings is 1. The molecular formula is C20H25BrClNO. The topological polar surface area (TPSA) is 25.2 Å².